The summed E-state index contributed by atoms with van der Waals surface area (Å²) in [6, 6.07) is 2.43. The molecule has 0 unspecified atom stereocenters. The summed E-state index contributed by atoms with van der Waals surface area (Å²) < 4.78 is 15.3. The number of carbonyl (C=O) groups excluding carboxylic acids is 2. The van der Waals surface area contributed by atoms with Crippen LogP contribution in [0.4, 0.5) is 5.69 Å². The summed E-state index contributed by atoms with van der Waals surface area (Å²) in [5.41, 5.74) is -0.399. The van der Waals surface area contributed by atoms with E-state index < -0.39 is 10.7 Å². The highest BCUT2D eigenvalue weighted by Crippen LogP contribution is 2.35. The van der Waals surface area contributed by atoms with Gasteiger partial charge in [-0.15, -0.1) is 0 Å². The van der Waals surface area contributed by atoms with E-state index in [-0.39, 0.29) is 41.7 Å². The van der Waals surface area contributed by atoms with Gasteiger partial charge < -0.3 is 14.2 Å². The number of nitrogens with zero attached hydrogens (tertiary/aromatic N) is 1. The average molecular weight is 355 g/mol. The van der Waals surface area contributed by atoms with Gasteiger partial charge in [0, 0.05) is 12.5 Å². The molecule has 0 aromatic heterocycles. The minimum atomic E-state index is -0.651. The Kier molecular flexibility index (Phi) is 10.6. The number of esters is 1. The lowest BCUT2D eigenvalue weighted by Gasteiger charge is -2.12. The van der Waals surface area contributed by atoms with E-state index in [0.717, 1.165) is 6.07 Å². The molecule has 0 amide bonds. The van der Waals surface area contributed by atoms with Gasteiger partial charge in [0.1, 0.15) is 0 Å². The van der Waals surface area contributed by atoms with E-state index in [1.165, 1.54) is 20.1 Å². The van der Waals surface area contributed by atoms with Crippen LogP contribution in [0, 0.1) is 10.1 Å². The van der Waals surface area contributed by atoms with Crippen LogP contribution in [0.15, 0.2) is 12.1 Å². The molecule has 0 aliphatic rings. The molecule has 0 heterocycles. The lowest BCUT2D eigenvalue weighted by molar-refractivity contribution is -0.385. The summed E-state index contributed by atoms with van der Waals surface area (Å²) in [5.74, 6) is -0.408. The highest BCUT2D eigenvalue weighted by Gasteiger charge is 2.22. The molecule has 0 fully saturated rings. The summed E-state index contributed by atoms with van der Waals surface area (Å²) >= 11 is 0. The van der Waals surface area contributed by atoms with E-state index in [4.69, 9.17) is 14.2 Å². The van der Waals surface area contributed by atoms with Gasteiger partial charge in [-0.2, -0.15) is 0 Å². The van der Waals surface area contributed by atoms with Crippen molar-refractivity contribution in [2.75, 3.05) is 20.3 Å². The van der Waals surface area contributed by atoms with Crippen molar-refractivity contribution in [1.82, 2.24) is 0 Å². The molecule has 1 aromatic carbocycles. The first-order valence-electron chi connectivity index (χ1n) is 8.06. The van der Waals surface area contributed by atoms with Gasteiger partial charge in [0.25, 0.3) is 5.69 Å². The number of Topliss-reactive ketones (excluding diaryl/α,β-unsaturated/α-hetero) is 1. The number of methoxy groups -OCH3 is 1. The van der Waals surface area contributed by atoms with Crippen LogP contribution in [0.5, 0.6) is 11.5 Å². The van der Waals surface area contributed by atoms with Crippen LogP contribution in [0.25, 0.3) is 0 Å². The van der Waals surface area contributed by atoms with Gasteiger partial charge in [0.2, 0.25) is 0 Å². The molecule has 0 aliphatic carbocycles. The van der Waals surface area contributed by atoms with E-state index in [2.05, 4.69) is 0 Å². The van der Waals surface area contributed by atoms with E-state index >= 15 is 0 Å². The molecule has 8 heteroatoms. The van der Waals surface area contributed by atoms with Gasteiger partial charge in [-0.05, 0) is 20.3 Å². The molecule has 0 saturated carbocycles. The second kappa shape index (κ2) is 11.8. The minimum absolute atomic E-state index is 0.0503. The Morgan fingerprint density at radius 2 is 1.84 bits per heavy atom. The lowest BCUT2D eigenvalue weighted by Crippen LogP contribution is -2.08. The van der Waals surface area contributed by atoms with Gasteiger partial charge in [-0.1, -0.05) is 13.8 Å². The average Bonchev–Trinajstić information content (AvgIpc) is 2.59. The Labute approximate surface area is 147 Å². The Bertz CT molecular complexity index is 599. The molecule has 0 atom stereocenters. The third-order valence-corrected chi connectivity index (χ3v) is 2.95. The van der Waals surface area contributed by atoms with Crippen LogP contribution >= 0.6 is 0 Å². The van der Waals surface area contributed by atoms with E-state index in [1.807, 2.05) is 13.8 Å². The zero-order valence-corrected chi connectivity index (χ0v) is 15.3. The normalized spacial score (nSPS) is 9.48. The van der Waals surface area contributed by atoms with Crippen molar-refractivity contribution in [3.8, 4) is 11.5 Å². The molecule has 1 rings (SSSR count). The lowest BCUT2D eigenvalue weighted by atomic mass is 10.1. The Hall–Kier alpha value is -2.64. The summed E-state index contributed by atoms with van der Waals surface area (Å²) in [7, 11) is 1.37. The summed E-state index contributed by atoms with van der Waals surface area (Å²) in [4.78, 5) is 33.1. The smallest absolute Gasteiger partial charge is 0.305 e. The minimum Gasteiger partial charge on any atom is -0.493 e. The molecule has 0 spiro atoms. The zero-order valence-electron chi connectivity index (χ0n) is 15.3. The van der Waals surface area contributed by atoms with Crippen LogP contribution in [0.3, 0.4) is 0 Å². The number of nitro benzene ring substituents is 1. The van der Waals surface area contributed by atoms with Crippen LogP contribution in [0.1, 0.15) is 50.9 Å². The van der Waals surface area contributed by atoms with Crippen molar-refractivity contribution < 1.29 is 28.7 Å². The van der Waals surface area contributed by atoms with Crippen LogP contribution in [0.2, 0.25) is 0 Å². The summed E-state index contributed by atoms with van der Waals surface area (Å²) in [6.07, 6.45) is 0.577. The van der Waals surface area contributed by atoms with Gasteiger partial charge in [-0.25, -0.2) is 0 Å². The second-order valence-corrected chi connectivity index (χ2v) is 4.59. The first kappa shape index (κ1) is 22.4. The quantitative estimate of drug-likeness (QED) is 0.219. The number of ether oxygens (including phenoxy) is 3. The highest BCUT2D eigenvalue weighted by atomic mass is 16.6. The molecular formula is C17H25NO7. The number of carbonyl (C=O) groups is 2. The third-order valence-electron chi connectivity index (χ3n) is 2.95. The molecule has 0 saturated heterocycles. The number of ketones is 1. The first-order chi connectivity index (χ1) is 11.9. The Balaban J connectivity index is 0.00000277. The standard InChI is InChI=1S/C15H19NO7.C2H6/c1-4-22-15(18)6-5-7-23-14-9-12(16(19)20)11(10(2)17)8-13(14)21-3;1-2/h8-9H,4-7H2,1-3H3;1-2H3. The summed E-state index contributed by atoms with van der Waals surface area (Å²) in [6.45, 7) is 7.43. The maximum atomic E-state index is 11.5. The van der Waals surface area contributed by atoms with Crippen molar-refractivity contribution in [2.45, 2.75) is 40.5 Å². The molecule has 25 heavy (non-hydrogen) atoms. The molecule has 1 aromatic rings. The molecule has 0 aliphatic heterocycles. The third kappa shape index (κ3) is 7.19. The molecule has 0 radical (unpaired) electrons. The van der Waals surface area contributed by atoms with Gasteiger partial charge in [-0.3, -0.25) is 19.7 Å². The van der Waals surface area contributed by atoms with E-state index in [9.17, 15) is 19.7 Å². The largest absolute Gasteiger partial charge is 0.493 e. The van der Waals surface area contributed by atoms with Crippen LogP contribution in [-0.2, 0) is 9.53 Å². The van der Waals surface area contributed by atoms with E-state index in [0.29, 0.717) is 13.0 Å². The maximum Gasteiger partial charge on any atom is 0.305 e. The fourth-order valence-corrected chi connectivity index (χ4v) is 1.89. The topological polar surface area (TPSA) is 105 Å². The molecule has 8 nitrogen and oxygen atoms in total. The van der Waals surface area contributed by atoms with Crippen molar-refractivity contribution in [3.05, 3.63) is 27.8 Å². The van der Waals surface area contributed by atoms with Crippen molar-refractivity contribution in [1.29, 1.82) is 0 Å². The maximum absolute atomic E-state index is 11.5. The highest BCUT2D eigenvalue weighted by molar-refractivity contribution is 5.98. The Morgan fingerprint density at radius 3 is 2.32 bits per heavy atom. The number of hydrogen-bond acceptors (Lipinski definition) is 7. The number of nitro groups is 1. The fourth-order valence-electron chi connectivity index (χ4n) is 1.89. The van der Waals surface area contributed by atoms with Crippen molar-refractivity contribution >= 4 is 17.4 Å². The van der Waals surface area contributed by atoms with Crippen molar-refractivity contribution in [2.24, 2.45) is 0 Å². The molecule has 0 bridgehead atoms. The van der Waals surface area contributed by atoms with Crippen LogP contribution in [-0.4, -0.2) is 37.0 Å². The molecular weight excluding hydrogens is 330 g/mol. The predicted octanol–water partition coefficient (Wildman–Crippen LogP) is 3.55. The molecule has 140 valence electrons. The zero-order chi connectivity index (χ0) is 19.4. The van der Waals surface area contributed by atoms with Crippen molar-refractivity contribution in [3.63, 3.8) is 0 Å². The monoisotopic (exact) mass is 355 g/mol. The van der Waals surface area contributed by atoms with Gasteiger partial charge in [0.15, 0.2) is 17.3 Å². The van der Waals surface area contributed by atoms with Gasteiger partial charge in [0.05, 0.1) is 36.9 Å². The number of hydrogen-bond donors (Lipinski definition) is 0. The SMILES string of the molecule is CC.CCOC(=O)CCCOc1cc([N+](=O)[O-])c(C(C)=O)cc1OC. The van der Waals surface area contributed by atoms with E-state index in [1.54, 1.807) is 6.92 Å². The number of benzene rings is 1. The second-order valence-electron chi connectivity index (χ2n) is 4.59. The summed E-state index contributed by atoms with van der Waals surface area (Å²) in [5, 5.41) is 11.1. The molecule has 0 N–H and O–H groups in total. The Morgan fingerprint density at radius 1 is 1.20 bits per heavy atom. The van der Waals surface area contributed by atoms with Crippen LogP contribution < -0.4 is 9.47 Å². The van der Waals surface area contributed by atoms with Gasteiger partial charge >= 0.3 is 5.97 Å². The number of rotatable bonds is 9. The predicted molar refractivity (Wildman–Crippen MR) is 92.4 cm³/mol. The first-order valence-corrected chi connectivity index (χ1v) is 8.06. The fraction of sp³-hybridized carbons (Fsp3) is 0.529.